The fraction of sp³-hybridized carbons (Fsp3) is 0.500. The molecule has 0 radical (unpaired) electrons. The van der Waals surface area contributed by atoms with Crippen LogP contribution in [0.5, 0.6) is 0 Å². The van der Waals surface area contributed by atoms with Crippen LogP contribution in [-0.4, -0.2) is 31.2 Å². The van der Waals surface area contributed by atoms with Crippen LogP contribution in [0.15, 0.2) is 23.1 Å². The van der Waals surface area contributed by atoms with Crippen molar-refractivity contribution in [1.29, 1.82) is 0 Å². The van der Waals surface area contributed by atoms with E-state index >= 15 is 0 Å². The third-order valence-electron chi connectivity index (χ3n) is 2.91. The van der Waals surface area contributed by atoms with E-state index in [0.29, 0.717) is 12.1 Å². The van der Waals surface area contributed by atoms with E-state index in [0.717, 1.165) is 18.9 Å². The van der Waals surface area contributed by atoms with Crippen molar-refractivity contribution in [2.24, 2.45) is 0 Å². The zero-order valence-corrected chi connectivity index (χ0v) is 12.1. The van der Waals surface area contributed by atoms with E-state index in [1.807, 2.05) is 6.92 Å². The molecule has 0 aliphatic rings. The SMILES string of the molecule is CCCCN(C)S(=O)(=O)c1ccc(C)c([N+](=O)[O-])c1. The molecule has 0 saturated heterocycles. The molecule has 0 atom stereocenters. The van der Waals surface area contributed by atoms with Gasteiger partial charge in [-0.3, -0.25) is 10.1 Å². The largest absolute Gasteiger partial charge is 0.273 e. The summed E-state index contributed by atoms with van der Waals surface area (Å²) in [5.41, 5.74) is 0.269. The van der Waals surface area contributed by atoms with E-state index in [2.05, 4.69) is 0 Å². The third-order valence-corrected chi connectivity index (χ3v) is 4.76. The van der Waals surface area contributed by atoms with E-state index in [9.17, 15) is 18.5 Å². The van der Waals surface area contributed by atoms with Gasteiger partial charge in [-0.25, -0.2) is 12.7 Å². The van der Waals surface area contributed by atoms with Gasteiger partial charge in [-0.15, -0.1) is 0 Å². The van der Waals surface area contributed by atoms with Crippen molar-refractivity contribution in [3.63, 3.8) is 0 Å². The van der Waals surface area contributed by atoms with Crippen LogP contribution in [0.25, 0.3) is 0 Å². The number of nitro groups is 1. The van der Waals surface area contributed by atoms with E-state index in [1.165, 1.54) is 23.5 Å². The molecular formula is C12H18N2O4S. The van der Waals surface area contributed by atoms with E-state index in [1.54, 1.807) is 6.92 Å². The Balaban J connectivity index is 3.15. The first-order valence-corrected chi connectivity index (χ1v) is 7.46. The molecule has 1 aromatic rings. The van der Waals surface area contributed by atoms with Crippen molar-refractivity contribution >= 4 is 15.7 Å². The summed E-state index contributed by atoms with van der Waals surface area (Å²) in [6.45, 7) is 3.95. The lowest BCUT2D eigenvalue weighted by atomic mass is 10.2. The zero-order valence-electron chi connectivity index (χ0n) is 11.3. The number of hydrogen-bond donors (Lipinski definition) is 0. The van der Waals surface area contributed by atoms with Crippen LogP contribution in [0.2, 0.25) is 0 Å². The Morgan fingerprint density at radius 2 is 2.00 bits per heavy atom. The number of rotatable bonds is 6. The molecule has 0 amide bonds. The maximum absolute atomic E-state index is 12.2. The lowest BCUT2D eigenvalue weighted by Crippen LogP contribution is -2.28. The minimum absolute atomic E-state index is 0.0385. The summed E-state index contributed by atoms with van der Waals surface area (Å²) in [5.74, 6) is 0. The summed E-state index contributed by atoms with van der Waals surface area (Å²) in [6, 6.07) is 3.98. The molecule has 0 aromatic heterocycles. The van der Waals surface area contributed by atoms with Gasteiger partial charge >= 0.3 is 0 Å². The van der Waals surface area contributed by atoms with Gasteiger partial charge < -0.3 is 0 Å². The van der Waals surface area contributed by atoms with E-state index < -0.39 is 14.9 Å². The number of nitrogens with zero attached hydrogens (tertiary/aromatic N) is 2. The summed E-state index contributed by atoms with van der Waals surface area (Å²) < 4.78 is 25.7. The maximum Gasteiger partial charge on any atom is 0.273 e. The van der Waals surface area contributed by atoms with Crippen molar-refractivity contribution < 1.29 is 13.3 Å². The first kappa shape index (κ1) is 15.6. The highest BCUT2D eigenvalue weighted by atomic mass is 32.2. The summed E-state index contributed by atoms with van der Waals surface area (Å²) in [6.07, 6.45) is 1.64. The van der Waals surface area contributed by atoms with Crippen LogP contribution in [0.3, 0.4) is 0 Å². The molecule has 0 saturated carbocycles. The quantitative estimate of drug-likeness (QED) is 0.593. The molecule has 106 valence electrons. The predicted molar refractivity (Wildman–Crippen MR) is 72.6 cm³/mol. The van der Waals surface area contributed by atoms with Gasteiger partial charge in [0.1, 0.15) is 0 Å². The van der Waals surface area contributed by atoms with Gasteiger partial charge in [-0.05, 0) is 19.4 Å². The standard InChI is InChI=1S/C12H18N2O4S/c1-4-5-8-13(3)19(17,18)11-7-6-10(2)12(9-11)14(15)16/h6-7,9H,4-5,8H2,1-3H3. The fourth-order valence-corrected chi connectivity index (χ4v) is 2.86. The molecule has 0 heterocycles. The molecule has 19 heavy (non-hydrogen) atoms. The molecular weight excluding hydrogens is 268 g/mol. The topological polar surface area (TPSA) is 80.5 Å². The van der Waals surface area contributed by atoms with Gasteiger partial charge in [0.15, 0.2) is 0 Å². The van der Waals surface area contributed by atoms with Crippen LogP contribution >= 0.6 is 0 Å². The zero-order chi connectivity index (χ0) is 14.6. The average Bonchev–Trinajstić information content (AvgIpc) is 2.35. The second kappa shape index (κ2) is 6.12. The molecule has 0 aliphatic carbocycles. The van der Waals surface area contributed by atoms with Crippen molar-refractivity contribution in [1.82, 2.24) is 4.31 Å². The highest BCUT2D eigenvalue weighted by Crippen LogP contribution is 2.24. The lowest BCUT2D eigenvalue weighted by molar-refractivity contribution is -0.385. The van der Waals surface area contributed by atoms with Gasteiger partial charge in [0, 0.05) is 25.2 Å². The number of hydrogen-bond acceptors (Lipinski definition) is 4. The van der Waals surface area contributed by atoms with Crippen LogP contribution in [0, 0.1) is 17.0 Å². The second-order valence-electron chi connectivity index (χ2n) is 4.39. The Morgan fingerprint density at radius 3 is 2.53 bits per heavy atom. The Hall–Kier alpha value is -1.47. The normalized spacial score (nSPS) is 11.8. The molecule has 0 spiro atoms. The lowest BCUT2D eigenvalue weighted by Gasteiger charge is -2.16. The Morgan fingerprint density at radius 1 is 1.37 bits per heavy atom. The Bertz CT molecular complexity index is 569. The second-order valence-corrected chi connectivity index (χ2v) is 6.43. The number of benzene rings is 1. The first-order valence-electron chi connectivity index (χ1n) is 6.02. The summed E-state index contributed by atoms with van der Waals surface area (Å²) in [5, 5.41) is 10.8. The minimum Gasteiger partial charge on any atom is -0.258 e. The molecule has 6 nitrogen and oxygen atoms in total. The molecule has 0 bridgehead atoms. The monoisotopic (exact) mass is 286 g/mol. The van der Waals surface area contributed by atoms with Crippen molar-refractivity contribution in [3.05, 3.63) is 33.9 Å². The highest BCUT2D eigenvalue weighted by molar-refractivity contribution is 7.89. The molecule has 0 unspecified atom stereocenters. The maximum atomic E-state index is 12.2. The molecule has 0 N–H and O–H groups in total. The van der Waals surface area contributed by atoms with Gasteiger partial charge in [-0.2, -0.15) is 0 Å². The van der Waals surface area contributed by atoms with Gasteiger partial charge in [0.05, 0.1) is 9.82 Å². The fourth-order valence-electron chi connectivity index (χ4n) is 1.63. The number of nitro benzene ring substituents is 1. The van der Waals surface area contributed by atoms with Crippen LogP contribution in [-0.2, 0) is 10.0 Å². The number of sulfonamides is 1. The number of unbranched alkanes of at least 4 members (excludes halogenated alkanes) is 1. The molecule has 7 heteroatoms. The van der Waals surface area contributed by atoms with Crippen LogP contribution in [0.1, 0.15) is 25.3 Å². The van der Waals surface area contributed by atoms with Crippen molar-refractivity contribution in [3.8, 4) is 0 Å². The van der Waals surface area contributed by atoms with Gasteiger partial charge in [0.2, 0.25) is 10.0 Å². The first-order chi connectivity index (χ1) is 8.80. The summed E-state index contributed by atoms with van der Waals surface area (Å²) in [7, 11) is -2.17. The third kappa shape index (κ3) is 3.51. The van der Waals surface area contributed by atoms with E-state index in [4.69, 9.17) is 0 Å². The van der Waals surface area contributed by atoms with Gasteiger partial charge in [-0.1, -0.05) is 19.4 Å². The van der Waals surface area contributed by atoms with Gasteiger partial charge in [0.25, 0.3) is 5.69 Å². The Kier molecular flexibility index (Phi) is 5.02. The predicted octanol–water partition coefficient (Wildman–Crippen LogP) is 2.32. The number of aryl methyl sites for hydroxylation is 1. The van der Waals surface area contributed by atoms with Crippen molar-refractivity contribution in [2.45, 2.75) is 31.6 Å². The van der Waals surface area contributed by atoms with Crippen LogP contribution in [0.4, 0.5) is 5.69 Å². The molecule has 0 aliphatic heterocycles. The molecule has 0 fully saturated rings. The smallest absolute Gasteiger partial charge is 0.258 e. The minimum atomic E-state index is -3.66. The Labute approximate surface area is 113 Å². The van der Waals surface area contributed by atoms with Crippen LogP contribution < -0.4 is 0 Å². The highest BCUT2D eigenvalue weighted by Gasteiger charge is 2.23. The molecule has 1 aromatic carbocycles. The summed E-state index contributed by atoms with van der Waals surface area (Å²) >= 11 is 0. The molecule has 1 rings (SSSR count). The van der Waals surface area contributed by atoms with E-state index in [-0.39, 0.29) is 10.6 Å². The van der Waals surface area contributed by atoms with Crippen molar-refractivity contribution in [2.75, 3.05) is 13.6 Å². The average molecular weight is 286 g/mol. The summed E-state index contributed by atoms with van der Waals surface area (Å²) in [4.78, 5) is 10.2.